The van der Waals surface area contributed by atoms with E-state index in [2.05, 4.69) is 20.2 Å². The van der Waals surface area contributed by atoms with Gasteiger partial charge in [-0.25, -0.2) is 4.79 Å². The Balaban J connectivity index is 2.10. The Labute approximate surface area is 114 Å². The number of nitrogens with zero attached hydrogens (tertiary/aromatic N) is 2. The van der Waals surface area contributed by atoms with Gasteiger partial charge in [0.1, 0.15) is 6.42 Å². The van der Waals surface area contributed by atoms with Gasteiger partial charge < -0.3 is 14.6 Å². The molecular formula is C13H13N3O4. The molecule has 0 aliphatic heterocycles. The lowest BCUT2D eigenvalue weighted by Crippen LogP contribution is -2.17. The summed E-state index contributed by atoms with van der Waals surface area (Å²) in [6, 6.07) is 6.57. The predicted molar refractivity (Wildman–Crippen MR) is 69.2 cm³/mol. The van der Waals surface area contributed by atoms with Crippen molar-refractivity contribution in [1.82, 2.24) is 10.1 Å². The van der Waals surface area contributed by atoms with Crippen LogP contribution in [0.25, 0.3) is 0 Å². The van der Waals surface area contributed by atoms with Crippen molar-refractivity contribution in [2.75, 3.05) is 12.4 Å². The second-order valence-electron chi connectivity index (χ2n) is 4.00. The Bertz CT molecular complexity index is 636. The van der Waals surface area contributed by atoms with Gasteiger partial charge in [-0.15, -0.1) is 0 Å². The molecule has 104 valence electrons. The van der Waals surface area contributed by atoms with E-state index < -0.39 is 5.97 Å². The van der Waals surface area contributed by atoms with Crippen LogP contribution >= 0.6 is 0 Å². The lowest BCUT2D eigenvalue weighted by molar-refractivity contribution is -0.115. The fraction of sp³-hybridized carbons (Fsp3) is 0.231. The van der Waals surface area contributed by atoms with Gasteiger partial charge in [-0.1, -0.05) is 17.3 Å². The first-order chi connectivity index (χ1) is 9.60. The monoisotopic (exact) mass is 275 g/mol. The summed E-state index contributed by atoms with van der Waals surface area (Å²) in [6.07, 6.45) is -0.0592. The highest BCUT2D eigenvalue weighted by Crippen LogP contribution is 2.16. The Hall–Kier alpha value is -2.70. The molecule has 0 saturated heterocycles. The molecule has 0 bridgehead atoms. The van der Waals surface area contributed by atoms with Crippen molar-refractivity contribution in [3.63, 3.8) is 0 Å². The molecule has 0 radical (unpaired) electrons. The van der Waals surface area contributed by atoms with Gasteiger partial charge in [0.2, 0.25) is 11.8 Å². The molecular weight excluding hydrogens is 262 g/mol. The van der Waals surface area contributed by atoms with Crippen LogP contribution in [0.3, 0.4) is 0 Å². The first kappa shape index (κ1) is 13.7. The maximum absolute atomic E-state index is 11.9. The molecule has 7 nitrogen and oxygen atoms in total. The Kier molecular flexibility index (Phi) is 4.09. The number of aryl methyl sites for hydroxylation is 1. The molecule has 1 aromatic carbocycles. The molecule has 0 spiro atoms. The number of hydrogen-bond donors (Lipinski definition) is 1. The van der Waals surface area contributed by atoms with Gasteiger partial charge in [0.15, 0.2) is 5.82 Å². The van der Waals surface area contributed by atoms with Gasteiger partial charge >= 0.3 is 5.97 Å². The summed E-state index contributed by atoms with van der Waals surface area (Å²) >= 11 is 0. The number of ether oxygens (including phenoxy) is 1. The van der Waals surface area contributed by atoms with Crippen molar-refractivity contribution in [3.05, 3.63) is 41.5 Å². The molecule has 0 saturated carbocycles. The third-order valence-corrected chi connectivity index (χ3v) is 2.49. The fourth-order valence-corrected chi connectivity index (χ4v) is 1.62. The summed E-state index contributed by atoms with van der Waals surface area (Å²) < 4.78 is 9.51. The van der Waals surface area contributed by atoms with Crippen LogP contribution in [-0.2, 0) is 16.0 Å². The molecule has 0 fully saturated rings. The van der Waals surface area contributed by atoms with Crippen molar-refractivity contribution < 1.29 is 18.8 Å². The molecule has 0 atom stereocenters. The number of anilines is 1. The van der Waals surface area contributed by atoms with E-state index in [1.807, 2.05) is 0 Å². The summed E-state index contributed by atoms with van der Waals surface area (Å²) in [5, 5.41) is 6.21. The van der Waals surface area contributed by atoms with Gasteiger partial charge in [-0.05, 0) is 19.1 Å². The summed E-state index contributed by atoms with van der Waals surface area (Å²) in [7, 11) is 1.28. The van der Waals surface area contributed by atoms with Crippen LogP contribution in [0.2, 0.25) is 0 Å². The van der Waals surface area contributed by atoms with E-state index in [4.69, 9.17) is 4.52 Å². The van der Waals surface area contributed by atoms with Crippen LogP contribution < -0.4 is 5.32 Å². The largest absolute Gasteiger partial charge is 0.465 e. The van der Waals surface area contributed by atoms with Crippen LogP contribution in [0, 0.1) is 6.92 Å². The first-order valence-electron chi connectivity index (χ1n) is 5.86. The molecule has 1 amide bonds. The number of esters is 1. The fourth-order valence-electron chi connectivity index (χ4n) is 1.62. The van der Waals surface area contributed by atoms with Crippen molar-refractivity contribution >= 4 is 17.6 Å². The average Bonchev–Trinajstić information content (AvgIpc) is 2.83. The number of methoxy groups -OCH3 is 1. The number of para-hydroxylation sites is 1. The molecule has 2 rings (SSSR count). The van der Waals surface area contributed by atoms with Crippen molar-refractivity contribution in [2.45, 2.75) is 13.3 Å². The number of carbonyl (C=O) groups excluding carboxylic acids is 2. The number of hydrogen-bond acceptors (Lipinski definition) is 6. The highest BCUT2D eigenvalue weighted by atomic mass is 16.5. The molecule has 1 heterocycles. The van der Waals surface area contributed by atoms with Crippen LogP contribution in [0.1, 0.15) is 22.1 Å². The Morgan fingerprint density at radius 2 is 2.10 bits per heavy atom. The second kappa shape index (κ2) is 5.96. The zero-order valence-corrected chi connectivity index (χ0v) is 11.0. The van der Waals surface area contributed by atoms with Gasteiger partial charge in [-0.3, -0.25) is 4.79 Å². The summed E-state index contributed by atoms with van der Waals surface area (Å²) in [5.41, 5.74) is 0.658. The van der Waals surface area contributed by atoms with E-state index in [0.717, 1.165) is 0 Å². The Morgan fingerprint density at radius 1 is 1.35 bits per heavy atom. The minimum absolute atomic E-state index is 0.0592. The van der Waals surface area contributed by atoms with Gasteiger partial charge in [0.25, 0.3) is 0 Å². The van der Waals surface area contributed by atoms with Crippen LogP contribution in [0.5, 0.6) is 0 Å². The van der Waals surface area contributed by atoms with Crippen molar-refractivity contribution in [3.8, 4) is 0 Å². The van der Waals surface area contributed by atoms with E-state index in [1.165, 1.54) is 7.11 Å². The SMILES string of the molecule is COC(=O)c1ccccc1NC(=O)Cc1nc(C)no1. The zero-order chi connectivity index (χ0) is 14.5. The minimum atomic E-state index is -0.519. The molecule has 1 aromatic heterocycles. The molecule has 20 heavy (non-hydrogen) atoms. The third kappa shape index (κ3) is 3.19. The maximum atomic E-state index is 11.9. The molecule has 1 N–H and O–H groups in total. The molecule has 0 aliphatic carbocycles. The highest BCUT2D eigenvalue weighted by molar-refractivity contribution is 6.01. The lowest BCUT2D eigenvalue weighted by Gasteiger charge is -2.08. The van der Waals surface area contributed by atoms with E-state index in [0.29, 0.717) is 11.5 Å². The van der Waals surface area contributed by atoms with Crippen molar-refractivity contribution in [2.24, 2.45) is 0 Å². The van der Waals surface area contributed by atoms with Crippen molar-refractivity contribution in [1.29, 1.82) is 0 Å². The third-order valence-electron chi connectivity index (χ3n) is 2.49. The quantitative estimate of drug-likeness (QED) is 0.846. The van der Waals surface area contributed by atoms with E-state index in [-0.39, 0.29) is 23.8 Å². The predicted octanol–water partition coefficient (Wildman–Crippen LogP) is 1.35. The number of amides is 1. The van der Waals surface area contributed by atoms with E-state index in [1.54, 1.807) is 31.2 Å². The number of nitrogens with one attached hydrogen (secondary N) is 1. The number of carbonyl (C=O) groups is 2. The van der Waals surface area contributed by atoms with Crippen LogP contribution in [-0.4, -0.2) is 29.1 Å². The smallest absolute Gasteiger partial charge is 0.339 e. The van der Waals surface area contributed by atoms with Gasteiger partial charge in [0, 0.05) is 0 Å². The van der Waals surface area contributed by atoms with Gasteiger partial charge in [-0.2, -0.15) is 4.98 Å². The lowest BCUT2D eigenvalue weighted by atomic mass is 10.1. The van der Waals surface area contributed by atoms with Gasteiger partial charge in [0.05, 0.1) is 18.4 Å². The maximum Gasteiger partial charge on any atom is 0.339 e. The Morgan fingerprint density at radius 3 is 2.75 bits per heavy atom. The van der Waals surface area contributed by atoms with Crippen LogP contribution in [0.4, 0.5) is 5.69 Å². The standard InChI is InChI=1S/C13H13N3O4/c1-8-14-12(20-16-8)7-11(17)15-10-6-4-3-5-9(10)13(18)19-2/h3-6H,7H2,1-2H3,(H,15,17). The minimum Gasteiger partial charge on any atom is -0.465 e. The highest BCUT2D eigenvalue weighted by Gasteiger charge is 2.15. The number of rotatable bonds is 4. The topological polar surface area (TPSA) is 94.3 Å². The van der Waals surface area contributed by atoms with E-state index >= 15 is 0 Å². The first-order valence-corrected chi connectivity index (χ1v) is 5.86. The number of aromatic nitrogens is 2. The summed E-state index contributed by atoms with van der Waals surface area (Å²) in [6.45, 7) is 1.66. The average molecular weight is 275 g/mol. The van der Waals surface area contributed by atoms with Crippen LogP contribution in [0.15, 0.2) is 28.8 Å². The second-order valence-corrected chi connectivity index (χ2v) is 4.00. The summed E-state index contributed by atoms with van der Waals surface area (Å²) in [5.74, 6) is -0.196. The normalized spacial score (nSPS) is 10.1. The molecule has 2 aromatic rings. The molecule has 7 heteroatoms. The summed E-state index contributed by atoms with van der Waals surface area (Å²) in [4.78, 5) is 27.4. The number of benzene rings is 1. The van der Waals surface area contributed by atoms with E-state index in [9.17, 15) is 9.59 Å². The zero-order valence-electron chi connectivity index (χ0n) is 11.0. The molecule has 0 aliphatic rings. The molecule has 0 unspecified atom stereocenters.